The summed E-state index contributed by atoms with van der Waals surface area (Å²) in [4.78, 5) is 40.8. The van der Waals surface area contributed by atoms with Crippen molar-refractivity contribution in [3.05, 3.63) is 65.7 Å². The van der Waals surface area contributed by atoms with Crippen LogP contribution in [0.2, 0.25) is 0 Å². The number of esters is 2. The van der Waals surface area contributed by atoms with Gasteiger partial charge in [-0.2, -0.15) is 0 Å². The van der Waals surface area contributed by atoms with E-state index in [0.29, 0.717) is 40.7 Å². The van der Waals surface area contributed by atoms with Crippen molar-refractivity contribution in [2.24, 2.45) is 0 Å². The van der Waals surface area contributed by atoms with Crippen molar-refractivity contribution in [1.29, 1.82) is 0 Å². The van der Waals surface area contributed by atoms with E-state index in [1.54, 1.807) is 0 Å². The molecule has 0 aliphatic heterocycles. The van der Waals surface area contributed by atoms with Gasteiger partial charge >= 0.3 is 11.9 Å². The number of methoxy groups -OCH3 is 1. The molecule has 0 aliphatic rings. The van der Waals surface area contributed by atoms with Crippen molar-refractivity contribution in [3.63, 3.8) is 0 Å². The molecule has 1 amide bonds. The van der Waals surface area contributed by atoms with Gasteiger partial charge in [0.05, 0.1) is 23.9 Å². The molecular formula is C24H24N2O5. The Morgan fingerprint density at radius 3 is 2.45 bits per heavy atom. The van der Waals surface area contributed by atoms with Crippen LogP contribution in [0.1, 0.15) is 28.8 Å². The van der Waals surface area contributed by atoms with E-state index in [0.717, 1.165) is 5.56 Å². The first-order chi connectivity index (χ1) is 15.0. The van der Waals surface area contributed by atoms with E-state index in [2.05, 4.69) is 10.1 Å². The number of carbonyl (C=O) groups is 3. The van der Waals surface area contributed by atoms with Gasteiger partial charge < -0.3 is 14.8 Å². The number of hydrogen-bond donors (Lipinski definition) is 1. The first kappa shape index (κ1) is 22.0. The minimum Gasteiger partial charge on any atom is -0.469 e. The van der Waals surface area contributed by atoms with Crippen molar-refractivity contribution in [1.82, 2.24) is 10.3 Å². The second kappa shape index (κ2) is 10.3. The van der Waals surface area contributed by atoms with Gasteiger partial charge in [0.15, 0.2) is 6.61 Å². The Morgan fingerprint density at radius 2 is 1.71 bits per heavy atom. The van der Waals surface area contributed by atoms with E-state index in [-0.39, 0.29) is 12.4 Å². The fraction of sp³-hybridized carbons (Fsp3) is 0.250. The number of fused-ring (bicyclic) bond motifs is 1. The predicted molar refractivity (Wildman–Crippen MR) is 116 cm³/mol. The molecule has 31 heavy (non-hydrogen) atoms. The average Bonchev–Trinajstić information content (AvgIpc) is 2.80. The lowest BCUT2D eigenvalue weighted by Crippen LogP contribution is -2.30. The highest BCUT2D eigenvalue weighted by Crippen LogP contribution is 2.30. The maximum absolute atomic E-state index is 12.9. The van der Waals surface area contributed by atoms with Gasteiger partial charge in [-0.15, -0.1) is 0 Å². The monoisotopic (exact) mass is 420 g/mol. The van der Waals surface area contributed by atoms with Crippen molar-refractivity contribution in [3.8, 4) is 11.3 Å². The zero-order chi connectivity index (χ0) is 22.2. The lowest BCUT2D eigenvalue weighted by molar-refractivity contribution is -0.140. The third-order valence-electron chi connectivity index (χ3n) is 4.83. The molecule has 3 aromatic rings. The van der Waals surface area contributed by atoms with E-state index >= 15 is 0 Å². The number of aromatic nitrogens is 1. The number of nitrogens with zero attached hydrogens (tertiary/aromatic N) is 1. The van der Waals surface area contributed by atoms with Gasteiger partial charge in [-0.05, 0) is 25.0 Å². The standard InChI is InChI=1S/C24H24N2O5/c1-16-22(24(29)31-15-20(27)25-14-8-13-21(28)30-2)18-11-6-7-12-19(18)26-23(16)17-9-4-3-5-10-17/h3-7,9-12H,8,13-15H2,1-2H3,(H,25,27). The number of amides is 1. The minimum atomic E-state index is -0.585. The SMILES string of the molecule is COC(=O)CCCNC(=O)COC(=O)c1c(C)c(-c2ccccc2)nc2ccccc12. The zero-order valence-electron chi connectivity index (χ0n) is 17.5. The Kier molecular flexibility index (Phi) is 7.32. The summed E-state index contributed by atoms with van der Waals surface area (Å²) in [7, 11) is 1.31. The van der Waals surface area contributed by atoms with Crippen LogP contribution in [0.3, 0.4) is 0 Å². The van der Waals surface area contributed by atoms with Gasteiger partial charge in [0, 0.05) is 23.9 Å². The Balaban J connectivity index is 1.75. The summed E-state index contributed by atoms with van der Waals surface area (Å²) in [6.07, 6.45) is 0.655. The lowest BCUT2D eigenvalue weighted by Gasteiger charge is -2.14. The molecule has 1 heterocycles. The number of nitrogens with one attached hydrogen (secondary N) is 1. The van der Waals surface area contributed by atoms with E-state index < -0.39 is 18.5 Å². The summed E-state index contributed by atoms with van der Waals surface area (Å²) in [5.74, 6) is -1.36. The van der Waals surface area contributed by atoms with E-state index in [4.69, 9.17) is 9.72 Å². The van der Waals surface area contributed by atoms with Crippen molar-refractivity contribution in [2.75, 3.05) is 20.3 Å². The highest BCUT2D eigenvalue weighted by molar-refractivity contribution is 6.06. The smallest absolute Gasteiger partial charge is 0.339 e. The maximum Gasteiger partial charge on any atom is 0.339 e. The van der Waals surface area contributed by atoms with Gasteiger partial charge in [0.1, 0.15) is 0 Å². The Hall–Kier alpha value is -3.74. The third kappa shape index (κ3) is 5.45. The van der Waals surface area contributed by atoms with Crippen molar-refractivity contribution < 1.29 is 23.9 Å². The summed E-state index contributed by atoms with van der Waals surface area (Å²) >= 11 is 0. The second-order valence-corrected chi connectivity index (χ2v) is 6.95. The van der Waals surface area contributed by atoms with Gasteiger partial charge in [-0.1, -0.05) is 48.5 Å². The largest absolute Gasteiger partial charge is 0.469 e. The second-order valence-electron chi connectivity index (χ2n) is 6.95. The van der Waals surface area contributed by atoms with E-state index in [1.807, 2.05) is 61.5 Å². The molecule has 0 radical (unpaired) electrons. The molecule has 160 valence electrons. The molecule has 7 heteroatoms. The number of hydrogen-bond acceptors (Lipinski definition) is 6. The Morgan fingerprint density at radius 1 is 1.00 bits per heavy atom. The summed E-state index contributed by atoms with van der Waals surface area (Å²) in [6.45, 7) is 1.71. The average molecular weight is 420 g/mol. The molecule has 0 atom stereocenters. The van der Waals surface area contributed by atoms with Gasteiger partial charge in [-0.25, -0.2) is 9.78 Å². The van der Waals surface area contributed by atoms with Gasteiger partial charge in [-0.3, -0.25) is 9.59 Å². The van der Waals surface area contributed by atoms with Crippen LogP contribution in [0.5, 0.6) is 0 Å². The number of carbonyl (C=O) groups excluding carboxylic acids is 3. The van der Waals surface area contributed by atoms with Crippen LogP contribution in [0.15, 0.2) is 54.6 Å². The number of benzene rings is 2. The number of pyridine rings is 1. The normalized spacial score (nSPS) is 10.5. The first-order valence-corrected chi connectivity index (χ1v) is 9.96. The van der Waals surface area contributed by atoms with Crippen LogP contribution in [0.4, 0.5) is 0 Å². The van der Waals surface area contributed by atoms with Crippen LogP contribution >= 0.6 is 0 Å². The number of para-hydroxylation sites is 1. The molecular weight excluding hydrogens is 396 g/mol. The van der Waals surface area contributed by atoms with Gasteiger partial charge in [0.2, 0.25) is 0 Å². The topological polar surface area (TPSA) is 94.6 Å². The molecule has 1 aromatic heterocycles. The summed E-state index contributed by atoms with van der Waals surface area (Å²) in [6, 6.07) is 16.9. The van der Waals surface area contributed by atoms with Crippen LogP contribution in [0, 0.1) is 6.92 Å². The number of rotatable bonds is 8. The third-order valence-corrected chi connectivity index (χ3v) is 4.83. The molecule has 0 unspecified atom stereocenters. The molecule has 0 saturated carbocycles. The van der Waals surface area contributed by atoms with E-state index in [9.17, 15) is 14.4 Å². The molecule has 0 saturated heterocycles. The molecule has 0 spiro atoms. The van der Waals surface area contributed by atoms with Gasteiger partial charge in [0.25, 0.3) is 5.91 Å². The molecule has 7 nitrogen and oxygen atoms in total. The minimum absolute atomic E-state index is 0.209. The van der Waals surface area contributed by atoms with Crippen molar-refractivity contribution in [2.45, 2.75) is 19.8 Å². The predicted octanol–water partition coefficient (Wildman–Crippen LogP) is 3.44. The van der Waals surface area contributed by atoms with E-state index in [1.165, 1.54) is 7.11 Å². The highest BCUT2D eigenvalue weighted by atomic mass is 16.5. The van der Waals surface area contributed by atoms with Crippen molar-refractivity contribution >= 4 is 28.7 Å². The Labute approximate surface area is 180 Å². The summed E-state index contributed by atoms with van der Waals surface area (Å²) < 4.78 is 9.85. The van der Waals surface area contributed by atoms with Crippen LogP contribution in [-0.2, 0) is 19.1 Å². The molecule has 0 bridgehead atoms. The van der Waals surface area contributed by atoms with Crippen LogP contribution in [0.25, 0.3) is 22.2 Å². The molecule has 3 rings (SSSR count). The summed E-state index contributed by atoms with van der Waals surface area (Å²) in [5, 5.41) is 3.29. The summed E-state index contributed by atoms with van der Waals surface area (Å²) in [5.41, 5.74) is 3.34. The first-order valence-electron chi connectivity index (χ1n) is 9.96. The van der Waals surface area contributed by atoms with Crippen LogP contribution in [-0.4, -0.2) is 43.1 Å². The maximum atomic E-state index is 12.9. The number of ether oxygens (including phenoxy) is 2. The fourth-order valence-corrected chi connectivity index (χ4v) is 3.26. The molecule has 1 N–H and O–H groups in total. The highest BCUT2D eigenvalue weighted by Gasteiger charge is 2.20. The fourth-order valence-electron chi connectivity index (χ4n) is 3.26. The zero-order valence-corrected chi connectivity index (χ0v) is 17.5. The quantitative estimate of drug-likeness (QED) is 0.443. The lowest BCUT2D eigenvalue weighted by atomic mass is 9.98. The molecule has 0 aliphatic carbocycles. The molecule has 2 aromatic carbocycles. The Bertz CT molecular complexity index is 1100. The van der Waals surface area contributed by atoms with Crippen LogP contribution < -0.4 is 5.32 Å². The molecule has 0 fully saturated rings.